The van der Waals surface area contributed by atoms with Gasteiger partial charge in [-0.05, 0) is 83.8 Å². The van der Waals surface area contributed by atoms with Crippen LogP contribution in [-0.4, -0.2) is 63.4 Å². The van der Waals surface area contributed by atoms with Gasteiger partial charge in [0.15, 0.2) is 5.82 Å². The highest BCUT2D eigenvalue weighted by Crippen LogP contribution is 2.30. The van der Waals surface area contributed by atoms with Crippen molar-refractivity contribution in [2.75, 3.05) is 38.2 Å². The number of aryl methyl sites for hydroxylation is 4. The molecule has 1 atom stereocenters. The zero-order chi connectivity index (χ0) is 28.3. The lowest BCUT2D eigenvalue weighted by Gasteiger charge is -2.39. The van der Waals surface area contributed by atoms with E-state index in [0.29, 0.717) is 17.9 Å². The van der Waals surface area contributed by atoms with Crippen molar-refractivity contribution in [3.63, 3.8) is 0 Å². The van der Waals surface area contributed by atoms with Gasteiger partial charge in [-0.25, -0.2) is 4.68 Å². The lowest BCUT2D eigenvalue weighted by molar-refractivity contribution is 0.199. The molecule has 1 saturated heterocycles. The topological polar surface area (TPSA) is 92.2 Å². The van der Waals surface area contributed by atoms with Crippen molar-refractivity contribution in [1.82, 2.24) is 30.1 Å². The van der Waals surface area contributed by atoms with Crippen molar-refractivity contribution in [2.24, 2.45) is 0 Å². The van der Waals surface area contributed by atoms with Crippen molar-refractivity contribution in [3.05, 3.63) is 111 Å². The zero-order valence-electron chi connectivity index (χ0n) is 23.7. The average molecular weight is 550 g/mol. The van der Waals surface area contributed by atoms with E-state index in [1.165, 1.54) is 5.56 Å². The number of pyridine rings is 1. The lowest BCUT2D eigenvalue weighted by atomic mass is 9.99. The van der Waals surface area contributed by atoms with Crippen molar-refractivity contribution in [1.29, 1.82) is 0 Å². The largest absolute Gasteiger partial charge is 0.497 e. The fourth-order valence-electron chi connectivity index (χ4n) is 5.87. The van der Waals surface area contributed by atoms with E-state index in [1.54, 1.807) is 7.11 Å². The van der Waals surface area contributed by atoms with E-state index in [4.69, 9.17) is 4.74 Å². The molecule has 1 aliphatic rings. The standard InChI is InChI=1S/C32H35N7O2/c1-22-19-23(2)27-21-28(32(40)33-29(27)20-22)30(31-34-35-36-39(31)14-13-24-7-5-4-6-8-24)38-17-15-37(16-18-38)25-9-11-26(41-3)12-10-25/h4-12,19-21,30H,13-18H2,1-3H3,(H,33,40). The smallest absolute Gasteiger partial charge is 0.253 e. The van der Waals surface area contributed by atoms with Gasteiger partial charge >= 0.3 is 0 Å². The van der Waals surface area contributed by atoms with Crippen LogP contribution in [0.3, 0.4) is 0 Å². The molecule has 0 aliphatic carbocycles. The number of benzene rings is 3. The third-order valence-electron chi connectivity index (χ3n) is 8.01. The number of rotatable bonds is 8. The van der Waals surface area contributed by atoms with E-state index in [2.05, 4.69) is 67.6 Å². The molecule has 210 valence electrons. The first-order chi connectivity index (χ1) is 20.0. The van der Waals surface area contributed by atoms with Crippen LogP contribution in [0.1, 0.15) is 34.1 Å². The molecule has 2 aromatic heterocycles. The third-order valence-corrected chi connectivity index (χ3v) is 8.01. The summed E-state index contributed by atoms with van der Waals surface area (Å²) in [6, 6.07) is 24.3. The van der Waals surface area contributed by atoms with Crippen LogP contribution < -0.4 is 15.2 Å². The maximum Gasteiger partial charge on any atom is 0.253 e. The van der Waals surface area contributed by atoms with Gasteiger partial charge in [0.2, 0.25) is 0 Å². The highest BCUT2D eigenvalue weighted by molar-refractivity contribution is 5.83. The molecule has 41 heavy (non-hydrogen) atoms. The van der Waals surface area contributed by atoms with Gasteiger partial charge in [0.05, 0.1) is 7.11 Å². The average Bonchev–Trinajstić information content (AvgIpc) is 3.46. The second-order valence-corrected chi connectivity index (χ2v) is 10.7. The van der Waals surface area contributed by atoms with Gasteiger partial charge in [-0.2, -0.15) is 0 Å². The molecule has 6 rings (SSSR count). The summed E-state index contributed by atoms with van der Waals surface area (Å²) in [5, 5.41) is 14.0. The number of aromatic nitrogens is 5. The molecule has 1 aliphatic heterocycles. The van der Waals surface area contributed by atoms with Crippen LogP contribution in [0, 0.1) is 13.8 Å². The summed E-state index contributed by atoms with van der Waals surface area (Å²) in [4.78, 5) is 21.6. The summed E-state index contributed by atoms with van der Waals surface area (Å²) >= 11 is 0. The summed E-state index contributed by atoms with van der Waals surface area (Å²) in [5.41, 5.74) is 6.03. The van der Waals surface area contributed by atoms with Gasteiger partial charge in [0, 0.05) is 54.9 Å². The highest BCUT2D eigenvalue weighted by atomic mass is 16.5. The second-order valence-electron chi connectivity index (χ2n) is 10.7. The maximum atomic E-state index is 13.7. The second kappa shape index (κ2) is 11.5. The number of tetrazole rings is 1. The van der Waals surface area contributed by atoms with Crippen LogP contribution in [0.5, 0.6) is 5.75 Å². The number of H-pyrrole nitrogens is 1. The summed E-state index contributed by atoms with van der Waals surface area (Å²) in [7, 11) is 1.68. The summed E-state index contributed by atoms with van der Waals surface area (Å²) in [6.07, 6.45) is 0.795. The third kappa shape index (κ3) is 5.58. The van der Waals surface area contributed by atoms with Crippen LogP contribution in [0.4, 0.5) is 5.69 Å². The Morgan fingerprint density at radius 3 is 2.44 bits per heavy atom. The molecular formula is C32H35N7O2. The van der Waals surface area contributed by atoms with E-state index in [1.807, 2.05) is 54.1 Å². The molecule has 0 bridgehead atoms. The number of anilines is 1. The van der Waals surface area contributed by atoms with E-state index < -0.39 is 0 Å². The van der Waals surface area contributed by atoms with Gasteiger partial charge in [-0.15, -0.1) is 5.10 Å². The maximum absolute atomic E-state index is 13.7. The summed E-state index contributed by atoms with van der Waals surface area (Å²) in [6.45, 7) is 7.91. The fourth-order valence-corrected chi connectivity index (χ4v) is 5.87. The molecule has 1 N–H and O–H groups in total. The van der Waals surface area contributed by atoms with Gasteiger partial charge < -0.3 is 14.6 Å². The Labute approximate surface area is 239 Å². The SMILES string of the molecule is COc1ccc(N2CCN(C(c3cc4c(C)cc(C)cc4[nH]c3=O)c3nnnn3CCc3ccccc3)CC2)cc1. The number of nitrogens with zero attached hydrogens (tertiary/aromatic N) is 6. The van der Waals surface area contributed by atoms with E-state index in [0.717, 1.165) is 66.1 Å². The summed E-state index contributed by atoms with van der Waals surface area (Å²) < 4.78 is 7.19. The molecule has 0 amide bonds. The number of hydrogen-bond acceptors (Lipinski definition) is 7. The predicted molar refractivity (Wildman–Crippen MR) is 161 cm³/mol. The Morgan fingerprint density at radius 1 is 0.951 bits per heavy atom. The minimum Gasteiger partial charge on any atom is -0.497 e. The van der Waals surface area contributed by atoms with Crippen LogP contribution in [0.25, 0.3) is 10.9 Å². The number of aromatic amines is 1. The number of fused-ring (bicyclic) bond motifs is 1. The Morgan fingerprint density at radius 2 is 1.71 bits per heavy atom. The van der Waals surface area contributed by atoms with Gasteiger partial charge in [-0.3, -0.25) is 9.69 Å². The van der Waals surface area contributed by atoms with Gasteiger partial charge in [-0.1, -0.05) is 36.4 Å². The molecule has 9 heteroatoms. The number of ether oxygens (including phenoxy) is 1. The Kier molecular flexibility index (Phi) is 7.52. The Balaban J connectivity index is 1.35. The predicted octanol–water partition coefficient (Wildman–Crippen LogP) is 4.29. The summed E-state index contributed by atoms with van der Waals surface area (Å²) in [5.74, 6) is 1.53. The molecule has 5 aromatic rings. The number of hydrogen-bond donors (Lipinski definition) is 1. The fraction of sp³-hybridized carbons (Fsp3) is 0.312. The molecule has 3 heterocycles. The Hall–Kier alpha value is -4.50. The molecule has 0 saturated carbocycles. The normalized spacial score (nSPS) is 14.9. The first-order valence-electron chi connectivity index (χ1n) is 14.1. The van der Waals surface area contributed by atoms with Gasteiger partial charge in [0.25, 0.3) is 5.56 Å². The minimum atomic E-state index is -0.382. The number of methoxy groups -OCH3 is 1. The van der Waals surface area contributed by atoms with Crippen molar-refractivity contribution in [2.45, 2.75) is 32.9 Å². The van der Waals surface area contributed by atoms with Crippen molar-refractivity contribution >= 4 is 16.6 Å². The van der Waals surface area contributed by atoms with E-state index >= 15 is 0 Å². The van der Waals surface area contributed by atoms with Crippen molar-refractivity contribution in [3.8, 4) is 5.75 Å². The first kappa shape index (κ1) is 26.7. The van der Waals surface area contributed by atoms with E-state index in [-0.39, 0.29) is 11.6 Å². The Bertz CT molecular complexity index is 1690. The molecule has 3 aromatic carbocycles. The quantitative estimate of drug-likeness (QED) is 0.309. The van der Waals surface area contributed by atoms with Crippen LogP contribution in [0.15, 0.2) is 77.6 Å². The number of nitrogens with one attached hydrogen (secondary N) is 1. The molecular weight excluding hydrogens is 514 g/mol. The molecule has 9 nitrogen and oxygen atoms in total. The van der Waals surface area contributed by atoms with Gasteiger partial charge in [0.1, 0.15) is 11.8 Å². The molecule has 0 radical (unpaired) electrons. The van der Waals surface area contributed by atoms with Crippen molar-refractivity contribution < 1.29 is 4.74 Å². The molecule has 1 unspecified atom stereocenters. The van der Waals surface area contributed by atoms with Crippen LogP contribution >= 0.6 is 0 Å². The zero-order valence-corrected chi connectivity index (χ0v) is 23.7. The van der Waals surface area contributed by atoms with Crippen LogP contribution in [0.2, 0.25) is 0 Å². The number of piperazine rings is 1. The molecule has 0 spiro atoms. The minimum absolute atomic E-state index is 0.109. The van der Waals surface area contributed by atoms with Crippen LogP contribution in [-0.2, 0) is 13.0 Å². The molecule has 1 fully saturated rings. The lowest BCUT2D eigenvalue weighted by Crippen LogP contribution is -2.49. The monoisotopic (exact) mass is 549 g/mol. The highest BCUT2D eigenvalue weighted by Gasteiger charge is 2.33. The first-order valence-corrected chi connectivity index (χ1v) is 14.1. The van der Waals surface area contributed by atoms with E-state index in [9.17, 15) is 4.79 Å².